The van der Waals surface area contributed by atoms with E-state index in [1.165, 1.54) is 103 Å². The highest BCUT2D eigenvalue weighted by atomic mass is 32.2. The van der Waals surface area contributed by atoms with Crippen molar-refractivity contribution in [2.45, 2.75) is 97.4 Å². The minimum absolute atomic E-state index is 1.23. The molecule has 0 atom stereocenters. The molecule has 1 rings (SSSR count). The normalized spacial score (nSPS) is 14.2. The summed E-state index contributed by atoms with van der Waals surface area (Å²) in [7, 11) is -6.09. The second-order valence-corrected chi connectivity index (χ2v) is 9.65. The van der Waals surface area contributed by atoms with Crippen LogP contribution in [-0.2, 0) is 10.1 Å². The zero-order valence-electron chi connectivity index (χ0n) is 20.4. The average Bonchev–Trinajstić information content (AvgIpc) is 3.24. The van der Waals surface area contributed by atoms with Crippen molar-refractivity contribution in [1.29, 1.82) is 0 Å². The Morgan fingerprint density at radius 1 is 0.781 bits per heavy atom. The van der Waals surface area contributed by atoms with E-state index in [1.807, 2.05) is 0 Å². The summed E-state index contributed by atoms with van der Waals surface area (Å²) in [6.45, 7) is 16.7. The van der Waals surface area contributed by atoms with Crippen LogP contribution in [0.1, 0.15) is 91.9 Å². The molecule has 6 nitrogen and oxygen atoms in total. The third-order valence-corrected chi connectivity index (χ3v) is 5.93. The summed E-state index contributed by atoms with van der Waals surface area (Å²) in [6.07, 6.45) is 13.2. The number of hydrogen-bond acceptors (Lipinski definition) is 3. The Hall–Kier alpha value is -1.03. The van der Waals surface area contributed by atoms with Gasteiger partial charge in [0.25, 0.3) is 0 Å². The fourth-order valence-electron chi connectivity index (χ4n) is 3.54. The zero-order valence-corrected chi connectivity index (χ0v) is 21.2. The van der Waals surface area contributed by atoms with E-state index in [0.29, 0.717) is 0 Å². The van der Waals surface area contributed by atoms with E-state index < -0.39 is 15.6 Å². The first kappa shape index (κ1) is 31.0. The molecule has 0 amide bonds. The summed E-state index contributed by atoms with van der Waals surface area (Å²) in [4.78, 5) is 5.48. The number of rotatable bonds is 12. The molecule has 0 aromatic heterocycles. The second-order valence-electron chi connectivity index (χ2n) is 8.28. The summed E-state index contributed by atoms with van der Waals surface area (Å²) >= 11 is 0. The maximum absolute atomic E-state index is 10.7. The molecule has 0 aromatic rings. The van der Waals surface area contributed by atoms with Gasteiger partial charge in [0.15, 0.2) is 10.1 Å². The van der Waals surface area contributed by atoms with Crippen molar-refractivity contribution in [2.75, 3.05) is 39.3 Å². The van der Waals surface area contributed by atoms with Gasteiger partial charge in [-0.05, 0) is 38.5 Å². The van der Waals surface area contributed by atoms with Crippen LogP contribution in [-0.4, -0.2) is 78.1 Å². The molecule has 10 heteroatoms. The molecule has 0 unspecified atom stereocenters. The van der Waals surface area contributed by atoms with Crippen molar-refractivity contribution in [3.05, 3.63) is 0 Å². The van der Waals surface area contributed by atoms with Gasteiger partial charge in [0.05, 0.1) is 39.3 Å². The molecule has 1 saturated heterocycles. The molecule has 0 spiro atoms. The van der Waals surface area contributed by atoms with Gasteiger partial charge in [0.2, 0.25) is 0 Å². The molecule has 0 radical (unpaired) electrons. The molecular formula is C22H44F3N3O3S. The Balaban J connectivity index is 0.00000102. The molecule has 1 aliphatic heterocycles. The van der Waals surface area contributed by atoms with Crippen LogP contribution in [0.2, 0.25) is 0 Å². The maximum atomic E-state index is 10.7. The first-order valence-electron chi connectivity index (χ1n) is 12.2. The van der Waals surface area contributed by atoms with Gasteiger partial charge >= 0.3 is 11.5 Å². The van der Waals surface area contributed by atoms with Crippen molar-refractivity contribution < 1.29 is 30.7 Å². The lowest BCUT2D eigenvalue weighted by atomic mass is 10.2. The second kappa shape index (κ2) is 16.6. The number of nitrogens with zero attached hydrogens (tertiary/aromatic N) is 3. The predicted molar refractivity (Wildman–Crippen MR) is 123 cm³/mol. The van der Waals surface area contributed by atoms with Crippen molar-refractivity contribution in [3.63, 3.8) is 0 Å². The van der Waals surface area contributed by atoms with Crippen LogP contribution in [0.25, 0.3) is 0 Å². The van der Waals surface area contributed by atoms with Gasteiger partial charge in [-0.25, -0.2) is 8.42 Å². The van der Waals surface area contributed by atoms with Crippen LogP contribution in [0.5, 0.6) is 0 Å². The SMILES string of the molecule is CCCCN(CCCC)C(N(CCCC)CCCC)=[N+]1CCCC1.O=S(=O)([O-])C(F)(F)F. The molecule has 0 aliphatic carbocycles. The van der Waals surface area contributed by atoms with Gasteiger partial charge in [-0.2, -0.15) is 13.2 Å². The maximum Gasteiger partial charge on any atom is 0.485 e. The molecular weight excluding hydrogens is 443 g/mol. The van der Waals surface area contributed by atoms with E-state index in [4.69, 9.17) is 13.0 Å². The number of hydrogen-bond donors (Lipinski definition) is 0. The van der Waals surface area contributed by atoms with Crippen molar-refractivity contribution in [2.24, 2.45) is 0 Å². The van der Waals surface area contributed by atoms with Gasteiger partial charge in [-0.3, -0.25) is 14.4 Å². The molecule has 0 bridgehead atoms. The smallest absolute Gasteiger partial charge is 0.485 e. The van der Waals surface area contributed by atoms with Crippen molar-refractivity contribution in [3.8, 4) is 0 Å². The Morgan fingerprint density at radius 3 is 1.28 bits per heavy atom. The topological polar surface area (TPSA) is 66.7 Å². The Labute approximate surface area is 193 Å². The molecule has 0 saturated carbocycles. The summed E-state index contributed by atoms with van der Waals surface area (Å²) in [6, 6.07) is 0. The fourth-order valence-corrected chi connectivity index (χ4v) is 3.54. The van der Waals surface area contributed by atoms with Crippen LogP contribution in [0.15, 0.2) is 0 Å². The molecule has 192 valence electrons. The van der Waals surface area contributed by atoms with Crippen LogP contribution >= 0.6 is 0 Å². The Morgan fingerprint density at radius 2 is 1.06 bits per heavy atom. The highest BCUT2D eigenvalue weighted by Crippen LogP contribution is 2.20. The van der Waals surface area contributed by atoms with Crippen molar-refractivity contribution >= 4 is 16.1 Å². The van der Waals surface area contributed by atoms with E-state index in [2.05, 4.69) is 42.1 Å². The molecule has 1 aliphatic rings. The molecule has 1 heterocycles. The van der Waals surface area contributed by atoms with Gasteiger partial charge in [0, 0.05) is 0 Å². The highest BCUT2D eigenvalue weighted by Gasteiger charge is 2.37. The number of alkyl halides is 3. The third-order valence-electron chi connectivity index (χ3n) is 5.36. The lowest BCUT2D eigenvalue weighted by Crippen LogP contribution is -2.51. The highest BCUT2D eigenvalue weighted by molar-refractivity contribution is 7.86. The number of unbranched alkanes of at least 4 members (excludes halogenated alkanes) is 4. The van der Waals surface area contributed by atoms with Crippen molar-refractivity contribution in [1.82, 2.24) is 9.80 Å². The Bertz CT molecular complexity index is 580. The van der Waals surface area contributed by atoms with E-state index in [1.54, 1.807) is 5.96 Å². The monoisotopic (exact) mass is 487 g/mol. The summed E-state index contributed by atoms with van der Waals surface area (Å²) in [5.74, 6) is 1.58. The van der Waals surface area contributed by atoms with Crippen LogP contribution in [0, 0.1) is 0 Å². The van der Waals surface area contributed by atoms with E-state index in [-0.39, 0.29) is 0 Å². The Kier molecular flexibility index (Phi) is 16.0. The van der Waals surface area contributed by atoms with Crippen LogP contribution in [0.4, 0.5) is 13.2 Å². The predicted octanol–water partition coefficient (Wildman–Crippen LogP) is 5.00. The molecule has 0 N–H and O–H groups in total. The van der Waals surface area contributed by atoms with Gasteiger partial charge in [0.1, 0.15) is 0 Å². The van der Waals surface area contributed by atoms with E-state index in [0.717, 1.165) is 0 Å². The third kappa shape index (κ3) is 12.3. The molecule has 0 aromatic carbocycles. The van der Waals surface area contributed by atoms with Crippen LogP contribution < -0.4 is 0 Å². The first-order valence-corrected chi connectivity index (χ1v) is 13.6. The average molecular weight is 488 g/mol. The van der Waals surface area contributed by atoms with Crippen LogP contribution in [0.3, 0.4) is 0 Å². The number of guanidine groups is 1. The number of halogens is 3. The summed E-state index contributed by atoms with van der Waals surface area (Å²) < 4.78 is 61.6. The lowest BCUT2D eigenvalue weighted by molar-refractivity contribution is -0.517. The standard InChI is InChI=1S/C21H44N3.CHF3O3S/c1-5-9-15-22(16-10-6-2)21(24-19-13-14-20-24)23(17-11-7-3)18-12-8-4;2-1(3,4)8(5,6)7/h5-20H2,1-4H3;(H,5,6,7)/q+1;/p-1. The summed E-state index contributed by atoms with van der Waals surface area (Å²) in [5, 5.41) is 0. The van der Waals surface area contributed by atoms with E-state index in [9.17, 15) is 13.2 Å². The summed E-state index contributed by atoms with van der Waals surface area (Å²) in [5.41, 5.74) is -5.65. The van der Waals surface area contributed by atoms with Gasteiger partial charge in [-0.1, -0.05) is 53.4 Å². The van der Waals surface area contributed by atoms with E-state index >= 15 is 0 Å². The zero-order chi connectivity index (χ0) is 24.6. The minimum Gasteiger partial charge on any atom is -0.741 e. The molecule has 1 fully saturated rings. The minimum atomic E-state index is -6.09. The quantitative estimate of drug-likeness (QED) is 0.168. The lowest BCUT2D eigenvalue weighted by Gasteiger charge is -2.30. The largest absolute Gasteiger partial charge is 0.741 e. The van der Waals surface area contributed by atoms with Gasteiger partial charge in [-0.15, -0.1) is 0 Å². The fraction of sp³-hybridized carbons (Fsp3) is 0.955. The van der Waals surface area contributed by atoms with Gasteiger partial charge < -0.3 is 4.55 Å². The molecule has 32 heavy (non-hydrogen) atoms. The first-order chi connectivity index (χ1) is 15.0.